The number of halogens is 1. The summed E-state index contributed by atoms with van der Waals surface area (Å²) in [5.41, 5.74) is 1.88. The molecule has 1 aliphatic carbocycles. The molecule has 0 spiro atoms. The third-order valence-corrected chi connectivity index (χ3v) is 4.59. The topological polar surface area (TPSA) is 29.1 Å². The Morgan fingerprint density at radius 3 is 2.83 bits per heavy atom. The fraction of sp³-hybridized carbons (Fsp3) is 0.533. The van der Waals surface area contributed by atoms with Crippen LogP contribution in [-0.2, 0) is 0 Å². The number of carbonyl (C=O) groups excluding carboxylic acids is 1. The van der Waals surface area contributed by atoms with Crippen LogP contribution >= 0.6 is 15.9 Å². The first-order chi connectivity index (χ1) is 8.58. The van der Waals surface area contributed by atoms with E-state index in [4.69, 9.17) is 0 Å². The highest BCUT2D eigenvalue weighted by Crippen LogP contribution is 2.30. The SMILES string of the molecule is Cc1ccc(C(=O)NCC2CCCC2C)c(Br)c1. The van der Waals surface area contributed by atoms with Crippen LogP contribution in [0.1, 0.15) is 42.1 Å². The Bertz CT molecular complexity index is 444. The molecular weight excluding hydrogens is 290 g/mol. The quantitative estimate of drug-likeness (QED) is 0.900. The summed E-state index contributed by atoms with van der Waals surface area (Å²) in [6, 6.07) is 5.83. The van der Waals surface area contributed by atoms with Gasteiger partial charge in [-0.15, -0.1) is 0 Å². The number of amides is 1. The van der Waals surface area contributed by atoms with Gasteiger partial charge in [-0.1, -0.05) is 25.8 Å². The average Bonchev–Trinajstić information content (AvgIpc) is 2.72. The molecular formula is C15H20BrNO. The molecule has 98 valence electrons. The standard InChI is InChI=1S/C15H20BrNO/c1-10-6-7-13(14(16)8-10)15(18)17-9-12-5-3-4-11(12)2/h6-8,11-12H,3-5,9H2,1-2H3,(H,17,18). The summed E-state index contributed by atoms with van der Waals surface area (Å²) in [4.78, 5) is 12.1. The van der Waals surface area contributed by atoms with E-state index in [1.807, 2.05) is 25.1 Å². The Balaban J connectivity index is 1.95. The lowest BCUT2D eigenvalue weighted by atomic mass is 9.98. The van der Waals surface area contributed by atoms with Crippen LogP contribution < -0.4 is 5.32 Å². The lowest BCUT2D eigenvalue weighted by Crippen LogP contribution is -2.30. The van der Waals surface area contributed by atoms with E-state index >= 15 is 0 Å². The van der Waals surface area contributed by atoms with Gasteiger partial charge in [0.25, 0.3) is 5.91 Å². The Morgan fingerprint density at radius 2 is 2.22 bits per heavy atom. The van der Waals surface area contributed by atoms with Crippen LogP contribution in [0.25, 0.3) is 0 Å². The van der Waals surface area contributed by atoms with Gasteiger partial charge < -0.3 is 5.32 Å². The molecule has 2 unspecified atom stereocenters. The van der Waals surface area contributed by atoms with Crippen molar-refractivity contribution < 1.29 is 4.79 Å². The fourth-order valence-electron chi connectivity index (χ4n) is 2.65. The number of aryl methyl sites for hydroxylation is 1. The molecule has 1 aromatic rings. The van der Waals surface area contributed by atoms with Crippen molar-refractivity contribution in [2.75, 3.05) is 6.54 Å². The fourth-order valence-corrected chi connectivity index (χ4v) is 3.32. The average molecular weight is 310 g/mol. The summed E-state index contributed by atoms with van der Waals surface area (Å²) in [5.74, 6) is 1.42. The minimum atomic E-state index is 0.0287. The Labute approximate surface area is 117 Å². The van der Waals surface area contributed by atoms with Crippen molar-refractivity contribution >= 4 is 21.8 Å². The van der Waals surface area contributed by atoms with Crippen LogP contribution in [0.15, 0.2) is 22.7 Å². The van der Waals surface area contributed by atoms with Crippen molar-refractivity contribution in [3.05, 3.63) is 33.8 Å². The molecule has 18 heavy (non-hydrogen) atoms. The lowest BCUT2D eigenvalue weighted by Gasteiger charge is -2.16. The molecule has 0 bridgehead atoms. The molecule has 1 aliphatic rings. The van der Waals surface area contributed by atoms with E-state index in [0.717, 1.165) is 28.1 Å². The molecule has 1 saturated carbocycles. The number of hydrogen-bond acceptors (Lipinski definition) is 1. The number of benzene rings is 1. The van der Waals surface area contributed by atoms with Crippen molar-refractivity contribution in [1.29, 1.82) is 0 Å². The molecule has 2 rings (SSSR count). The molecule has 1 amide bonds. The smallest absolute Gasteiger partial charge is 0.252 e. The zero-order valence-electron chi connectivity index (χ0n) is 11.0. The van der Waals surface area contributed by atoms with Crippen molar-refractivity contribution in [1.82, 2.24) is 5.32 Å². The Morgan fingerprint density at radius 1 is 1.44 bits per heavy atom. The summed E-state index contributed by atoms with van der Waals surface area (Å²) >= 11 is 3.45. The van der Waals surface area contributed by atoms with Crippen LogP contribution in [-0.4, -0.2) is 12.5 Å². The van der Waals surface area contributed by atoms with Gasteiger partial charge in [-0.05, 0) is 58.8 Å². The van der Waals surface area contributed by atoms with Gasteiger partial charge in [0.1, 0.15) is 0 Å². The summed E-state index contributed by atoms with van der Waals surface area (Å²) in [6.45, 7) is 5.11. The molecule has 2 atom stereocenters. The second-order valence-electron chi connectivity index (χ2n) is 5.36. The minimum absolute atomic E-state index is 0.0287. The van der Waals surface area contributed by atoms with Gasteiger partial charge in [0.05, 0.1) is 5.56 Å². The van der Waals surface area contributed by atoms with Crippen molar-refractivity contribution in [3.8, 4) is 0 Å². The third kappa shape index (κ3) is 3.14. The first-order valence-corrected chi connectivity index (χ1v) is 7.41. The highest BCUT2D eigenvalue weighted by molar-refractivity contribution is 9.10. The molecule has 2 nitrogen and oxygen atoms in total. The van der Waals surface area contributed by atoms with Crippen LogP contribution in [0, 0.1) is 18.8 Å². The number of nitrogens with one attached hydrogen (secondary N) is 1. The second kappa shape index (κ2) is 5.87. The monoisotopic (exact) mass is 309 g/mol. The zero-order valence-corrected chi connectivity index (χ0v) is 12.6. The van der Waals surface area contributed by atoms with E-state index in [-0.39, 0.29) is 5.91 Å². The van der Waals surface area contributed by atoms with Crippen LogP contribution in [0.3, 0.4) is 0 Å². The van der Waals surface area contributed by atoms with E-state index in [2.05, 4.69) is 28.2 Å². The maximum absolute atomic E-state index is 12.1. The minimum Gasteiger partial charge on any atom is -0.352 e. The van der Waals surface area contributed by atoms with Crippen molar-refractivity contribution in [3.63, 3.8) is 0 Å². The first kappa shape index (κ1) is 13.6. The largest absolute Gasteiger partial charge is 0.352 e. The maximum atomic E-state index is 12.1. The van der Waals surface area contributed by atoms with Crippen LogP contribution in [0.4, 0.5) is 0 Å². The molecule has 1 N–H and O–H groups in total. The first-order valence-electron chi connectivity index (χ1n) is 6.62. The van der Waals surface area contributed by atoms with Gasteiger partial charge in [0.2, 0.25) is 0 Å². The number of carbonyl (C=O) groups is 1. The third-order valence-electron chi connectivity index (χ3n) is 3.93. The van der Waals surface area contributed by atoms with Crippen molar-refractivity contribution in [2.45, 2.75) is 33.1 Å². The van der Waals surface area contributed by atoms with E-state index in [1.54, 1.807) is 0 Å². The Kier molecular flexibility index (Phi) is 4.44. The highest BCUT2D eigenvalue weighted by atomic mass is 79.9. The normalized spacial score (nSPS) is 23.1. The molecule has 0 heterocycles. The summed E-state index contributed by atoms with van der Waals surface area (Å²) < 4.78 is 0.875. The molecule has 1 fully saturated rings. The lowest BCUT2D eigenvalue weighted by molar-refractivity contribution is 0.0944. The highest BCUT2D eigenvalue weighted by Gasteiger charge is 2.23. The van der Waals surface area contributed by atoms with E-state index in [9.17, 15) is 4.79 Å². The van der Waals surface area contributed by atoms with Crippen LogP contribution in [0.2, 0.25) is 0 Å². The molecule has 3 heteroatoms. The predicted octanol–water partition coefficient (Wildman–Crippen LogP) is 3.92. The number of rotatable bonds is 3. The van der Waals surface area contributed by atoms with Gasteiger partial charge in [0, 0.05) is 11.0 Å². The summed E-state index contributed by atoms with van der Waals surface area (Å²) in [6.07, 6.45) is 3.85. The summed E-state index contributed by atoms with van der Waals surface area (Å²) in [5, 5.41) is 3.06. The molecule has 0 saturated heterocycles. The maximum Gasteiger partial charge on any atom is 0.252 e. The van der Waals surface area contributed by atoms with Gasteiger partial charge >= 0.3 is 0 Å². The zero-order chi connectivity index (χ0) is 13.1. The van der Waals surface area contributed by atoms with Gasteiger partial charge in [-0.25, -0.2) is 0 Å². The molecule has 0 aliphatic heterocycles. The van der Waals surface area contributed by atoms with E-state index in [0.29, 0.717) is 5.92 Å². The van der Waals surface area contributed by atoms with E-state index < -0.39 is 0 Å². The number of hydrogen-bond donors (Lipinski definition) is 1. The molecule has 0 radical (unpaired) electrons. The van der Waals surface area contributed by atoms with Crippen molar-refractivity contribution in [2.24, 2.45) is 11.8 Å². The molecule has 1 aromatic carbocycles. The van der Waals surface area contributed by atoms with Crippen LogP contribution in [0.5, 0.6) is 0 Å². The summed E-state index contributed by atoms with van der Waals surface area (Å²) in [7, 11) is 0. The van der Waals surface area contributed by atoms with Gasteiger partial charge in [0.15, 0.2) is 0 Å². The van der Waals surface area contributed by atoms with Gasteiger partial charge in [-0.3, -0.25) is 4.79 Å². The molecule has 0 aromatic heterocycles. The van der Waals surface area contributed by atoms with E-state index in [1.165, 1.54) is 19.3 Å². The second-order valence-corrected chi connectivity index (χ2v) is 6.22. The van der Waals surface area contributed by atoms with Gasteiger partial charge in [-0.2, -0.15) is 0 Å². The Hall–Kier alpha value is -0.830. The predicted molar refractivity (Wildman–Crippen MR) is 77.7 cm³/mol.